The van der Waals surface area contributed by atoms with Crippen molar-refractivity contribution in [1.29, 1.82) is 0 Å². The van der Waals surface area contributed by atoms with Gasteiger partial charge in [-0.15, -0.1) is 11.3 Å². The van der Waals surface area contributed by atoms with Gasteiger partial charge in [-0.25, -0.2) is 0 Å². The number of rotatable bonds is 9. The number of nitrogens with zero attached hydrogens (tertiary/aromatic N) is 1. The molecule has 2 heterocycles. The molecule has 15 rings (SSSR count). The van der Waals surface area contributed by atoms with E-state index in [1.807, 2.05) is 23.5 Å². The second-order valence-electron chi connectivity index (χ2n) is 20.0. The Morgan fingerprint density at radius 2 is 0.750 bits per heavy atom. The maximum absolute atomic E-state index is 6.13. The Bertz CT molecular complexity index is 4450. The lowest BCUT2D eigenvalue weighted by molar-refractivity contribution is 0.669. The quantitative estimate of drug-likeness (QED) is 0.143. The van der Waals surface area contributed by atoms with Gasteiger partial charge in [-0.1, -0.05) is 206 Å². The lowest BCUT2D eigenvalue weighted by Gasteiger charge is -2.34. The average Bonchev–Trinajstić information content (AvgIpc) is 4.32. The average molecular weight is 986 g/mol. The fraction of sp³-hybridized carbons (Fsp3) is 0.0137. The highest BCUT2D eigenvalue weighted by Gasteiger charge is 2.46. The minimum atomic E-state index is -0.477. The van der Waals surface area contributed by atoms with Gasteiger partial charge in [-0.2, -0.15) is 0 Å². The van der Waals surface area contributed by atoms with Crippen LogP contribution in [-0.4, -0.2) is 0 Å². The molecule has 0 unspecified atom stereocenters. The van der Waals surface area contributed by atoms with Crippen LogP contribution in [0.15, 0.2) is 290 Å². The molecule has 12 aromatic carbocycles. The standard InChI is InChI=1S/C73H47NOS/c1-3-16-56(17-4-1)73(57-18-5-2-6-19-57)67-23-10-7-20-61(67)64-47-60(40-41-68(64)73)74(58-36-30-49(31-37-58)48-26-28-50(29-27-48)54-34-42-70-65(45-54)62-21-8-11-24-69(62)75-70)59-38-32-51(33-39-59)52-14-13-15-53(44-52)55-35-43-72-66(46-55)63-22-9-12-25-71(63)76-72/h1-47H. The lowest BCUT2D eigenvalue weighted by atomic mass is 9.68. The topological polar surface area (TPSA) is 16.4 Å². The first-order chi connectivity index (χ1) is 37.6. The molecule has 2 aromatic heterocycles. The predicted molar refractivity (Wildman–Crippen MR) is 320 cm³/mol. The van der Waals surface area contributed by atoms with Crippen LogP contribution in [0.5, 0.6) is 0 Å². The van der Waals surface area contributed by atoms with Crippen LogP contribution in [0, 0.1) is 0 Å². The minimum Gasteiger partial charge on any atom is -0.456 e. The van der Waals surface area contributed by atoms with E-state index in [0.717, 1.165) is 44.6 Å². The van der Waals surface area contributed by atoms with Crippen molar-refractivity contribution in [2.24, 2.45) is 0 Å². The lowest BCUT2D eigenvalue weighted by Crippen LogP contribution is -2.28. The second-order valence-corrected chi connectivity index (χ2v) is 21.0. The van der Waals surface area contributed by atoms with Crippen molar-refractivity contribution in [2.75, 3.05) is 4.90 Å². The highest BCUT2D eigenvalue weighted by Crippen LogP contribution is 2.57. The number of hydrogen-bond acceptors (Lipinski definition) is 3. The molecule has 1 aliphatic rings. The summed E-state index contributed by atoms with van der Waals surface area (Å²) >= 11 is 1.86. The Balaban J connectivity index is 0.815. The minimum absolute atomic E-state index is 0.477. The summed E-state index contributed by atoms with van der Waals surface area (Å²) in [5.74, 6) is 0. The van der Waals surface area contributed by atoms with Crippen LogP contribution in [0.3, 0.4) is 0 Å². The van der Waals surface area contributed by atoms with Crippen LogP contribution in [0.4, 0.5) is 17.1 Å². The van der Waals surface area contributed by atoms with Crippen molar-refractivity contribution in [3.8, 4) is 55.6 Å². The zero-order valence-electron chi connectivity index (χ0n) is 41.4. The maximum Gasteiger partial charge on any atom is 0.135 e. The van der Waals surface area contributed by atoms with Gasteiger partial charge < -0.3 is 9.32 Å². The Kier molecular flexibility index (Phi) is 10.3. The summed E-state index contributed by atoms with van der Waals surface area (Å²) in [5, 5.41) is 4.91. The third kappa shape index (κ3) is 7.16. The fourth-order valence-corrected chi connectivity index (χ4v) is 13.3. The van der Waals surface area contributed by atoms with E-state index in [1.165, 1.54) is 92.5 Å². The summed E-state index contributed by atoms with van der Waals surface area (Å²) in [7, 11) is 0. The van der Waals surface area contributed by atoms with Crippen LogP contribution in [0.2, 0.25) is 0 Å². The molecular weight excluding hydrogens is 939 g/mol. The summed E-state index contributed by atoms with van der Waals surface area (Å²) in [6.45, 7) is 0. The Morgan fingerprint density at radius 3 is 1.46 bits per heavy atom. The third-order valence-electron chi connectivity index (χ3n) is 15.8. The molecule has 1 aliphatic carbocycles. The number of hydrogen-bond donors (Lipinski definition) is 0. The van der Waals surface area contributed by atoms with Crippen LogP contribution >= 0.6 is 11.3 Å². The van der Waals surface area contributed by atoms with Gasteiger partial charge in [0.2, 0.25) is 0 Å². The van der Waals surface area contributed by atoms with E-state index in [-0.39, 0.29) is 0 Å². The molecule has 0 saturated carbocycles. The van der Waals surface area contributed by atoms with Crippen molar-refractivity contribution in [2.45, 2.75) is 5.41 Å². The maximum atomic E-state index is 6.13. The molecule has 0 aliphatic heterocycles. The highest BCUT2D eigenvalue weighted by molar-refractivity contribution is 7.25. The first-order valence-electron chi connectivity index (χ1n) is 26.0. The van der Waals surface area contributed by atoms with Gasteiger partial charge in [0.1, 0.15) is 11.2 Å². The number of para-hydroxylation sites is 1. The molecule has 0 amide bonds. The van der Waals surface area contributed by atoms with Gasteiger partial charge in [0, 0.05) is 48.0 Å². The van der Waals surface area contributed by atoms with Crippen LogP contribution in [0.25, 0.3) is 97.7 Å². The van der Waals surface area contributed by atoms with E-state index >= 15 is 0 Å². The number of thiophene rings is 1. The Hall–Kier alpha value is -9.54. The molecule has 0 atom stereocenters. The number of furan rings is 1. The number of benzene rings is 12. The predicted octanol–water partition coefficient (Wildman–Crippen LogP) is 20.5. The van der Waals surface area contributed by atoms with Crippen molar-refractivity contribution >= 4 is 70.5 Å². The van der Waals surface area contributed by atoms with Crippen molar-refractivity contribution in [1.82, 2.24) is 0 Å². The van der Waals surface area contributed by atoms with Crippen molar-refractivity contribution in [3.05, 3.63) is 307 Å². The normalized spacial score (nSPS) is 12.6. The number of anilines is 3. The molecule has 0 saturated heterocycles. The first kappa shape index (κ1) is 44.0. The summed E-state index contributed by atoms with van der Waals surface area (Å²) in [5.41, 5.74) is 21.6. The van der Waals surface area contributed by atoms with Gasteiger partial charge in [-0.05, 0) is 157 Å². The number of fused-ring (bicyclic) bond motifs is 9. The highest BCUT2D eigenvalue weighted by atomic mass is 32.1. The van der Waals surface area contributed by atoms with Crippen molar-refractivity contribution in [3.63, 3.8) is 0 Å². The summed E-state index contributed by atoms with van der Waals surface area (Å²) in [4.78, 5) is 2.41. The van der Waals surface area contributed by atoms with Crippen LogP contribution in [-0.2, 0) is 5.41 Å². The molecule has 0 radical (unpaired) electrons. The third-order valence-corrected chi connectivity index (χ3v) is 16.9. The molecule has 0 N–H and O–H groups in total. The van der Waals surface area contributed by atoms with E-state index in [0.29, 0.717) is 0 Å². The molecular formula is C73H47NOS. The molecule has 356 valence electrons. The zero-order valence-corrected chi connectivity index (χ0v) is 42.2. The molecule has 76 heavy (non-hydrogen) atoms. The van der Waals surface area contributed by atoms with E-state index in [2.05, 4.69) is 278 Å². The van der Waals surface area contributed by atoms with E-state index < -0.39 is 5.41 Å². The Labute approximate surface area is 445 Å². The first-order valence-corrected chi connectivity index (χ1v) is 26.9. The van der Waals surface area contributed by atoms with Crippen LogP contribution in [0.1, 0.15) is 22.3 Å². The van der Waals surface area contributed by atoms with Crippen molar-refractivity contribution < 1.29 is 4.42 Å². The van der Waals surface area contributed by atoms with Gasteiger partial charge in [0.15, 0.2) is 0 Å². The fourth-order valence-electron chi connectivity index (χ4n) is 12.2. The Morgan fingerprint density at radius 1 is 0.276 bits per heavy atom. The van der Waals surface area contributed by atoms with E-state index in [9.17, 15) is 0 Å². The molecule has 0 fully saturated rings. The molecule has 0 spiro atoms. The molecule has 2 nitrogen and oxygen atoms in total. The van der Waals surface area contributed by atoms with Gasteiger partial charge in [0.25, 0.3) is 0 Å². The van der Waals surface area contributed by atoms with E-state index in [1.54, 1.807) is 0 Å². The van der Waals surface area contributed by atoms with Gasteiger partial charge >= 0.3 is 0 Å². The van der Waals surface area contributed by atoms with E-state index in [4.69, 9.17) is 4.42 Å². The monoisotopic (exact) mass is 985 g/mol. The summed E-state index contributed by atoms with van der Waals surface area (Å²) < 4.78 is 8.78. The zero-order chi connectivity index (χ0) is 50.2. The SMILES string of the molecule is c1ccc(C2(c3ccccc3)c3ccccc3-c3cc(N(c4ccc(-c5ccc(-c6ccc7oc8ccccc8c7c6)cc5)cc4)c4ccc(-c5cccc(-c6ccc7sc8ccccc8c7c6)c5)cc4)ccc32)cc1. The molecule has 3 heteroatoms. The molecule has 0 bridgehead atoms. The molecule has 14 aromatic rings. The second kappa shape index (κ2) is 17.8. The summed E-state index contributed by atoms with van der Waals surface area (Å²) in [6, 6.07) is 105. The largest absolute Gasteiger partial charge is 0.456 e. The van der Waals surface area contributed by atoms with Gasteiger partial charge in [0.05, 0.1) is 5.41 Å². The van der Waals surface area contributed by atoms with Crippen LogP contribution < -0.4 is 4.90 Å². The smallest absolute Gasteiger partial charge is 0.135 e. The van der Waals surface area contributed by atoms with Gasteiger partial charge in [-0.3, -0.25) is 0 Å². The summed E-state index contributed by atoms with van der Waals surface area (Å²) in [6.07, 6.45) is 0.